The minimum atomic E-state index is -1.19. The van der Waals surface area contributed by atoms with Gasteiger partial charge < -0.3 is 25.6 Å². The zero-order chi connectivity index (χ0) is 36.3. The van der Waals surface area contributed by atoms with Crippen molar-refractivity contribution in [2.24, 2.45) is 5.41 Å². The SMILES string of the molecule is CCCCC1(CCCC)C(=O)[SH]c2cc(OCC(=O)N[C@@H](C(=O)NCCC(=O)O)c3ccc(O)cc3)c(SC)cc2N(c2ccccc2)C1=O. The number of unbranched alkanes of at least 4 members (excludes halogenated alkanes) is 2. The first kappa shape index (κ1) is 38.3. The molecule has 11 nitrogen and oxygen atoms in total. The van der Waals surface area contributed by atoms with E-state index >= 15 is 0 Å². The highest BCUT2D eigenvalue weighted by Crippen LogP contribution is 2.51. The van der Waals surface area contributed by atoms with Gasteiger partial charge in [0.05, 0.1) is 17.0 Å². The third kappa shape index (κ3) is 9.19. The first-order valence-corrected chi connectivity index (χ1v) is 18.7. The van der Waals surface area contributed by atoms with Gasteiger partial charge in [-0.1, -0.05) is 69.9 Å². The summed E-state index contributed by atoms with van der Waals surface area (Å²) in [4.78, 5) is 69.0. The molecule has 0 saturated carbocycles. The summed E-state index contributed by atoms with van der Waals surface area (Å²) in [6.45, 7) is 3.47. The number of nitrogens with zero attached hydrogens (tertiary/aromatic N) is 1. The average Bonchev–Trinajstić information content (AvgIpc) is 3.19. The Morgan fingerprint density at radius 1 is 0.980 bits per heavy atom. The first-order chi connectivity index (χ1) is 24.0. The summed E-state index contributed by atoms with van der Waals surface area (Å²) in [6, 6.07) is 17.4. The number of benzene rings is 3. The lowest BCUT2D eigenvalue weighted by molar-refractivity contribution is -0.138. The van der Waals surface area contributed by atoms with Crippen LogP contribution in [-0.4, -0.2) is 58.4 Å². The summed E-state index contributed by atoms with van der Waals surface area (Å²) >= 11 is 1.72. The molecule has 0 fully saturated rings. The molecule has 1 heterocycles. The standard InChI is InChI=1S/C37H44N3O8S2/c1-4-6-18-37(19-7-5-2)35(46)40(25-11-9-8-10-12-25)27-21-30(49-3)28(22-29(27)50-36(37)47)48-23-31(42)39-33(24-13-15-26(41)16-14-24)34(45)38-20-17-32(43)44/h8-16,21-22,33,41,50H,4-7,17-20,23H2,1-3H3,(H,38,45)(H,39,42)(H,43,44)/t33-/m1/s1. The Hall–Kier alpha value is -4.49. The number of fused-ring (bicyclic) bond motifs is 1. The number of nitrogens with one attached hydrogen (secondary N) is 2. The molecule has 50 heavy (non-hydrogen) atoms. The predicted octanol–water partition coefficient (Wildman–Crippen LogP) is 6.34. The van der Waals surface area contributed by atoms with Crippen LogP contribution in [0.5, 0.6) is 11.5 Å². The van der Waals surface area contributed by atoms with Gasteiger partial charge in [0.2, 0.25) is 11.8 Å². The molecule has 0 saturated heterocycles. The number of amides is 3. The van der Waals surface area contributed by atoms with Crippen molar-refractivity contribution < 1.29 is 38.9 Å². The molecule has 13 heteroatoms. The number of thioether (sulfide) groups is 1. The maximum atomic E-state index is 14.7. The van der Waals surface area contributed by atoms with Gasteiger partial charge in [0, 0.05) is 17.1 Å². The molecule has 0 spiro atoms. The maximum absolute atomic E-state index is 14.7. The molecule has 3 aromatic carbocycles. The second-order valence-electron chi connectivity index (χ2n) is 12.0. The fourth-order valence-electron chi connectivity index (χ4n) is 5.76. The number of aliphatic carboxylic acids is 1. The van der Waals surface area contributed by atoms with Crippen molar-refractivity contribution in [2.45, 2.75) is 74.6 Å². The normalized spacial score (nSPS) is 14.3. The van der Waals surface area contributed by atoms with E-state index in [2.05, 4.69) is 10.6 Å². The summed E-state index contributed by atoms with van der Waals surface area (Å²) in [7, 11) is 0. The van der Waals surface area contributed by atoms with E-state index < -0.39 is 35.8 Å². The van der Waals surface area contributed by atoms with E-state index in [4.69, 9.17) is 9.84 Å². The van der Waals surface area contributed by atoms with Crippen molar-refractivity contribution in [1.29, 1.82) is 0 Å². The molecule has 0 bridgehead atoms. The van der Waals surface area contributed by atoms with Crippen LogP contribution in [0.2, 0.25) is 0 Å². The van der Waals surface area contributed by atoms with Crippen molar-refractivity contribution >= 4 is 63.7 Å². The Bertz CT molecular complexity index is 1680. The molecular weight excluding hydrogens is 679 g/mol. The van der Waals surface area contributed by atoms with Gasteiger partial charge >= 0.3 is 5.97 Å². The number of para-hydroxylation sites is 1. The zero-order valence-corrected chi connectivity index (χ0v) is 30.1. The Labute approximate surface area is 300 Å². The molecule has 1 atom stereocenters. The minimum Gasteiger partial charge on any atom is -0.508 e. The predicted molar refractivity (Wildman–Crippen MR) is 195 cm³/mol. The quantitative estimate of drug-likeness (QED) is 0.0609. The van der Waals surface area contributed by atoms with Crippen LogP contribution in [0.25, 0.3) is 0 Å². The molecule has 4 rings (SSSR count). The highest BCUT2D eigenvalue weighted by atomic mass is 32.2. The van der Waals surface area contributed by atoms with Crippen molar-refractivity contribution in [1.82, 2.24) is 10.6 Å². The minimum absolute atomic E-state index is 0.0282. The lowest BCUT2D eigenvalue weighted by Crippen LogP contribution is -2.45. The third-order valence-electron chi connectivity index (χ3n) is 8.46. The monoisotopic (exact) mass is 722 g/mol. The number of phenols is 1. The number of hydrogen-bond acceptors (Lipinski definition) is 8. The Morgan fingerprint density at radius 3 is 2.24 bits per heavy atom. The molecule has 1 radical (unpaired) electrons. The van der Waals surface area contributed by atoms with Gasteiger partial charge in [0.25, 0.3) is 5.91 Å². The maximum Gasteiger partial charge on any atom is 0.305 e. The lowest BCUT2D eigenvalue weighted by Gasteiger charge is -2.34. The smallest absolute Gasteiger partial charge is 0.305 e. The van der Waals surface area contributed by atoms with Gasteiger partial charge in [0.1, 0.15) is 23.0 Å². The summed E-state index contributed by atoms with van der Waals surface area (Å²) in [6.07, 6.45) is 5.62. The second kappa shape index (κ2) is 18.0. The number of carboxylic acid groups (broad SMARTS) is 1. The number of rotatable bonds is 17. The number of thiol groups is 1. The largest absolute Gasteiger partial charge is 0.508 e. The van der Waals surface area contributed by atoms with Crippen LogP contribution < -0.4 is 20.3 Å². The molecule has 0 unspecified atom stereocenters. The van der Waals surface area contributed by atoms with Crippen molar-refractivity contribution in [3.63, 3.8) is 0 Å². The van der Waals surface area contributed by atoms with Crippen LogP contribution in [0.1, 0.15) is 70.4 Å². The number of phenolic OH excluding ortho intramolecular Hbond substituents is 1. The van der Waals surface area contributed by atoms with Crippen molar-refractivity contribution in [3.8, 4) is 11.5 Å². The molecule has 3 amide bonds. The number of aromatic hydroxyl groups is 1. The fraction of sp³-hybridized carbons (Fsp3) is 0.378. The third-order valence-corrected chi connectivity index (χ3v) is 10.5. The molecule has 0 aromatic heterocycles. The van der Waals surface area contributed by atoms with E-state index in [1.54, 1.807) is 11.0 Å². The van der Waals surface area contributed by atoms with E-state index in [1.165, 1.54) is 36.0 Å². The summed E-state index contributed by atoms with van der Waals surface area (Å²) in [5, 5.41) is 23.7. The molecule has 3 aromatic rings. The molecule has 1 aliphatic heterocycles. The number of anilines is 2. The molecule has 1 aliphatic rings. The van der Waals surface area contributed by atoms with E-state index in [-0.39, 0.29) is 29.7 Å². The number of hydrogen-bond donors (Lipinski definition) is 5. The summed E-state index contributed by atoms with van der Waals surface area (Å²) < 4.78 is 6.03. The second-order valence-corrected chi connectivity index (χ2v) is 13.9. The van der Waals surface area contributed by atoms with E-state index in [9.17, 15) is 29.1 Å². The van der Waals surface area contributed by atoms with Crippen LogP contribution in [0.3, 0.4) is 0 Å². The number of carbonyl (C=O) groups excluding carboxylic acids is 4. The fourth-order valence-corrected chi connectivity index (χ4v) is 7.52. The molecular formula is C37H44N3O8S2. The molecule has 267 valence electrons. The van der Waals surface area contributed by atoms with Gasteiger partial charge in [-0.3, -0.25) is 28.9 Å². The van der Waals surface area contributed by atoms with Crippen LogP contribution in [0.4, 0.5) is 11.4 Å². The van der Waals surface area contributed by atoms with Crippen LogP contribution in [-0.2, 0) is 24.0 Å². The zero-order valence-electron chi connectivity index (χ0n) is 28.4. The van der Waals surface area contributed by atoms with E-state index in [0.717, 1.165) is 25.7 Å². The van der Waals surface area contributed by atoms with Crippen LogP contribution >= 0.6 is 23.5 Å². The highest BCUT2D eigenvalue weighted by Gasteiger charge is 2.50. The number of ether oxygens (including phenoxy) is 1. The van der Waals surface area contributed by atoms with Gasteiger partial charge in [-0.15, -0.1) is 23.5 Å². The number of carbonyl (C=O) groups is 5. The lowest BCUT2D eigenvalue weighted by atomic mass is 9.77. The van der Waals surface area contributed by atoms with Crippen LogP contribution in [0.15, 0.2) is 76.5 Å². The Kier molecular flexibility index (Phi) is 13.8. The Balaban J connectivity index is 1.65. The molecule has 4 N–H and O–H groups in total. The van der Waals surface area contributed by atoms with Crippen molar-refractivity contribution in [3.05, 3.63) is 72.3 Å². The number of carboxylic acids is 1. The van der Waals surface area contributed by atoms with Crippen molar-refractivity contribution in [2.75, 3.05) is 24.3 Å². The first-order valence-electron chi connectivity index (χ1n) is 16.6. The van der Waals surface area contributed by atoms with Gasteiger partial charge in [-0.2, -0.15) is 0 Å². The topological polar surface area (TPSA) is 162 Å². The van der Waals surface area contributed by atoms with Gasteiger partial charge in [-0.25, -0.2) is 0 Å². The summed E-state index contributed by atoms with van der Waals surface area (Å²) in [5.74, 6) is -2.26. The summed E-state index contributed by atoms with van der Waals surface area (Å²) in [5.41, 5.74) is 0.425. The van der Waals surface area contributed by atoms with Crippen LogP contribution in [0, 0.1) is 5.41 Å². The average molecular weight is 723 g/mol. The van der Waals surface area contributed by atoms with E-state index in [0.29, 0.717) is 57.1 Å². The van der Waals surface area contributed by atoms with Gasteiger partial charge in [-0.05, 0) is 61.1 Å². The molecule has 0 aliphatic carbocycles. The van der Waals surface area contributed by atoms with E-state index in [1.807, 2.05) is 56.5 Å². The van der Waals surface area contributed by atoms with Gasteiger partial charge in [0.15, 0.2) is 11.7 Å². The highest BCUT2D eigenvalue weighted by molar-refractivity contribution is 8.14. The Morgan fingerprint density at radius 2 is 1.64 bits per heavy atom.